The molecule has 0 spiro atoms. The number of rotatable bonds is 7. The number of fused-ring (bicyclic) bond motifs is 3. The summed E-state index contributed by atoms with van der Waals surface area (Å²) in [5.74, 6) is -0.384. The zero-order valence-corrected chi connectivity index (χ0v) is 19.0. The number of para-hydroxylation sites is 1. The minimum Gasteiger partial charge on any atom is -0.494 e. The minimum atomic E-state index is -0.741. The number of benzene rings is 2. The molecule has 7 heteroatoms. The standard InChI is InChI=1S/C26H29N3O4/c1-3-5-16-33-19-12-10-18(11-13-19)28-26(31)29-23-9-7-6-8-20(23)21-14-15-27-17-22(24(21)29)25(30)32-4-2/h6-13,17,22H,3-5,14-16H2,1-2H3,(H,28,31). The number of esters is 1. The second-order valence-corrected chi connectivity index (χ2v) is 7.91. The molecular formula is C26H29N3O4. The van der Waals surface area contributed by atoms with Crippen molar-refractivity contribution in [3.05, 3.63) is 59.8 Å². The first-order valence-electron chi connectivity index (χ1n) is 11.5. The van der Waals surface area contributed by atoms with Crippen LogP contribution in [0.2, 0.25) is 0 Å². The van der Waals surface area contributed by atoms with E-state index in [4.69, 9.17) is 9.47 Å². The molecule has 0 fully saturated rings. The van der Waals surface area contributed by atoms with E-state index in [1.807, 2.05) is 48.5 Å². The number of carbonyl (C=O) groups is 2. The second kappa shape index (κ2) is 10.3. The van der Waals surface area contributed by atoms with Crippen molar-refractivity contribution >= 4 is 34.8 Å². The van der Waals surface area contributed by atoms with Crippen molar-refractivity contribution in [3.63, 3.8) is 0 Å². The van der Waals surface area contributed by atoms with Gasteiger partial charge < -0.3 is 14.8 Å². The van der Waals surface area contributed by atoms with Crippen LogP contribution in [-0.4, -0.2) is 42.5 Å². The molecule has 1 aliphatic heterocycles. The van der Waals surface area contributed by atoms with Crippen molar-refractivity contribution in [1.82, 2.24) is 4.57 Å². The number of nitrogens with zero attached hydrogens (tertiary/aromatic N) is 2. The van der Waals surface area contributed by atoms with Crippen molar-refractivity contribution in [2.75, 3.05) is 25.1 Å². The number of hydrogen-bond donors (Lipinski definition) is 1. The van der Waals surface area contributed by atoms with Gasteiger partial charge in [-0.15, -0.1) is 0 Å². The molecule has 0 radical (unpaired) electrons. The van der Waals surface area contributed by atoms with Gasteiger partial charge in [-0.2, -0.15) is 0 Å². The fourth-order valence-electron chi connectivity index (χ4n) is 4.11. The molecule has 33 heavy (non-hydrogen) atoms. The van der Waals surface area contributed by atoms with E-state index < -0.39 is 11.9 Å². The summed E-state index contributed by atoms with van der Waals surface area (Å²) in [7, 11) is 0. The molecule has 2 heterocycles. The summed E-state index contributed by atoms with van der Waals surface area (Å²) < 4.78 is 12.6. The van der Waals surface area contributed by atoms with Gasteiger partial charge in [0.05, 0.1) is 24.4 Å². The molecule has 2 aromatic carbocycles. The topological polar surface area (TPSA) is 81.9 Å². The van der Waals surface area contributed by atoms with Gasteiger partial charge in [-0.1, -0.05) is 31.5 Å². The number of anilines is 1. The van der Waals surface area contributed by atoms with Crippen LogP contribution in [0.3, 0.4) is 0 Å². The predicted molar refractivity (Wildman–Crippen MR) is 130 cm³/mol. The Morgan fingerprint density at radius 2 is 1.91 bits per heavy atom. The van der Waals surface area contributed by atoms with Crippen LogP contribution in [0.25, 0.3) is 10.9 Å². The van der Waals surface area contributed by atoms with Gasteiger partial charge in [-0.05, 0) is 55.7 Å². The molecule has 0 saturated carbocycles. The van der Waals surface area contributed by atoms with Gasteiger partial charge in [-0.25, -0.2) is 4.79 Å². The van der Waals surface area contributed by atoms with E-state index >= 15 is 0 Å². The molecule has 3 aromatic rings. The van der Waals surface area contributed by atoms with Gasteiger partial charge in [-0.3, -0.25) is 14.4 Å². The summed E-state index contributed by atoms with van der Waals surface area (Å²) in [5.41, 5.74) is 2.97. The van der Waals surface area contributed by atoms with Crippen LogP contribution in [0.5, 0.6) is 5.75 Å². The van der Waals surface area contributed by atoms with Crippen LogP contribution in [0.1, 0.15) is 43.9 Å². The fourth-order valence-corrected chi connectivity index (χ4v) is 4.11. The molecule has 1 aliphatic rings. The van der Waals surface area contributed by atoms with E-state index in [-0.39, 0.29) is 12.6 Å². The van der Waals surface area contributed by atoms with Gasteiger partial charge in [0.25, 0.3) is 0 Å². The quantitative estimate of drug-likeness (QED) is 0.400. The molecule has 7 nitrogen and oxygen atoms in total. The minimum absolute atomic E-state index is 0.262. The second-order valence-electron chi connectivity index (χ2n) is 7.91. The Labute approximate surface area is 193 Å². The molecular weight excluding hydrogens is 418 g/mol. The van der Waals surface area contributed by atoms with Gasteiger partial charge in [0.15, 0.2) is 0 Å². The summed E-state index contributed by atoms with van der Waals surface area (Å²) in [6, 6.07) is 14.7. The van der Waals surface area contributed by atoms with Gasteiger partial charge in [0.2, 0.25) is 0 Å². The fraction of sp³-hybridized carbons (Fsp3) is 0.346. The first-order chi connectivity index (χ1) is 16.1. The van der Waals surface area contributed by atoms with Crippen molar-refractivity contribution in [1.29, 1.82) is 0 Å². The van der Waals surface area contributed by atoms with E-state index in [0.717, 1.165) is 35.1 Å². The molecule has 0 aliphatic carbocycles. The van der Waals surface area contributed by atoms with Gasteiger partial charge in [0.1, 0.15) is 11.7 Å². The van der Waals surface area contributed by atoms with Crippen molar-refractivity contribution in [3.8, 4) is 5.75 Å². The largest absolute Gasteiger partial charge is 0.494 e. The molecule has 4 rings (SSSR count). The Bertz CT molecular complexity index is 1160. The number of amides is 1. The lowest BCUT2D eigenvalue weighted by Gasteiger charge is -2.16. The lowest BCUT2D eigenvalue weighted by molar-refractivity contribution is -0.143. The van der Waals surface area contributed by atoms with E-state index in [1.54, 1.807) is 17.7 Å². The zero-order valence-electron chi connectivity index (χ0n) is 19.0. The number of carbonyl (C=O) groups excluding carboxylic acids is 2. The smallest absolute Gasteiger partial charge is 0.330 e. The third-order valence-corrected chi connectivity index (χ3v) is 5.68. The number of ether oxygens (including phenoxy) is 2. The van der Waals surface area contributed by atoms with E-state index in [9.17, 15) is 9.59 Å². The highest BCUT2D eigenvalue weighted by molar-refractivity contribution is 6.05. The van der Waals surface area contributed by atoms with E-state index in [2.05, 4.69) is 17.2 Å². The third-order valence-electron chi connectivity index (χ3n) is 5.68. The van der Waals surface area contributed by atoms with Gasteiger partial charge >= 0.3 is 12.0 Å². The molecule has 1 unspecified atom stereocenters. The molecule has 1 atom stereocenters. The first kappa shape index (κ1) is 22.6. The van der Waals surface area contributed by atoms with Crippen LogP contribution in [0, 0.1) is 0 Å². The number of hydrogen-bond acceptors (Lipinski definition) is 5. The van der Waals surface area contributed by atoms with Crippen LogP contribution in [-0.2, 0) is 16.0 Å². The van der Waals surface area contributed by atoms with Crippen LogP contribution in [0.4, 0.5) is 10.5 Å². The summed E-state index contributed by atoms with van der Waals surface area (Å²) in [4.78, 5) is 30.7. The summed E-state index contributed by atoms with van der Waals surface area (Å²) >= 11 is 0. The normalized spacial score (nSPS) is 15.0. The van der Waals surface area contributed by atoms with Crippen molar-refractivity contribution in [2.45, 2.75) is 39.0 Å². The maximum Gasteiger partial charge on any atom is 0.330 e. The Morgan fingerprint density at radius 3 is 2.67 bits per heavy atom. The third kappa shape index (κ3) is 4.77. The monoisotopic (exact) mass is 447 g/mol. The lowest BCUT2D eigenvalue weighted by atomic mass is 10.00. The summed E-state index contributed by atoms with van der Waals surface area (Å²) in [6.45, 7) is 5.37. The van der Waals surface area contributed by atoms with Crippen LogP contribution >= 0.6 is 0 Å². The summed E-state index contributed by atoms with van der Waals surface area (Å²) in [5, 5.41) is 3.91. The van der Waals surface area contributed by atoms with Crippen LogP contribution < -0.4 is 10.1 Å². The highest BCUT2D eigenvalue weighted by Crippen LogP contribution is 2.34. The van der Waals surface area contributed by atoms with Crippen LogP contribution in [0.15, 0.2) is 53.5 Å². The number of aromatic nitrogens is 1. The summed E-state index contributed by atoms with van der Waals surface area (Å²) in [6.07, 6.45) is 4.32. The predicted octanol–water partition coefficient (Wildman–Crippen LogP) is 5.17. The molecule has 0 bridgehead atoms. The van der Waals surface area contributed by atoms with Crippen molar-refractivity contribution in [2.24, 2.45) is 4.99 Å². The van der Waals surface area contributed by atoms with E-state index in [1.165, 1.54) is 0 Å². The maximum atomic E-state index is 13.5. The lowest BCUT2D eigenvalue weighted by Crippen LogP contribution is -2.27. The highest BCUT2D eigenvalue weighted by atomic mass is 16.5. The maximum absolute atomic E-state index is 13.5. The molecule has 1 aromatic heterocycles. The molecule has 1 N–H and O–H groups in total. The molecule has 172 valence electrons. The Balaban J connectivity index is 1.69. The van der Waals surface area contributed by atoms with Crippen molar-refractivity contribution < 1.29 is 19.1 Å². The average Bonchev–Trinajstić information content (AvgIpc) is 2.98. The number of nitrogens with one attached hydrogen (secondary N) is 1. The first-order valence-corrected chi connectivity index (χ1v) is 11.5. The van der Waals surface area contributed by atoms with Gasteiger partial charge in [0, 0.05) is 23.8 Å². The number of aliphatic imine (C=N–C) groups is 1. The van der Waals surface area contributed by atoms with E-state index in [0.29, 0.717) is 31.0 Å². The molecule has 1 amide bonds. The highest BCUT2D eigenvalue weighted by Gasteiger charge is 2.32. The Hall–Kier alpha value is -3.61. The molecule has 0 saturated heterocycles. The average molecular weight is 448 g/mol. The number of unbranched alkanes of at least 4 members (excludes halogenated alkanes) is 1. The SMILES string of the molecule is CCCCOc1ccc(NC(=O)n2c3c(c4ccccc42)CCN=CC3C(=O)OCC)cc1. The zero-order chi connectivity index (χ0) is 23.2. The Kier molecular flexibility index (Phi) is 7.07. The Morgan fingerprint density at radius 1 is 1.12 bits per heavy atom.